The quantitative estimate of drug-likeness (QED) is 0.747. The third kappa shape index (κ3) is 4.43. The predicted molar refractivity (Wildman–Crippen MR) is 87.3 cm³/mol. The number of rotatable bonds is 5. The Kier molecular flexibility index (Phi) is 5.34. The second kappa shape index (κ2) is 7.37. The molecule has 1 fully saturated rings. The molecular weight excluding hydrogens is 443 g/mol. The Morgan fingerprint density at radius 3 is 2.77 bits per heavy atom. The van der Waals surface area contributed by atoms with Gasteiger partial charge >= 0.3 is 12.3 Å². The third-order valence-electron chi connectivity index (χ3n) is 3.24. The van der Waals surface area contributed by atoms with Crippen molar-refractivity contribution in [3.8, 4) is 11.8 Å². The number of alkyl halides is 3. The van der Waals surface area contributed by atoms with Gasteiger partial charge in [-0.15, -0.1) is 11.3 Å². The van der Waals surface area contributed by atoms with Gasteiger partial charge in [0.05, 0.1) is 17.7 Å². The summed E-state index contributed by atoms with van der Waals surface area (Å²) in [5.74, 6) is -0.549. The van der Waals surface area contributed by atoms with Crippen LogP contribution in [0.4, 0.5) is 18.0 Å². The number of nitrogens with zero attached hydrogens (tertiary/aromatic N) is 2. The monoisotopic (exact) mass is 453 g/mol. The second-order valence-corrected chi connectivity index (χ2v) is 7.02. The molecule has 0 saturated carbocycles. The second-order valence-electron chi connectivity index (χ2n) is 5.27. The van der Waals surface area contributed by atoms with E-state index in [4.69, 9.17) is 9.47 Å². The van der Waals surface area contributed by atoms with Gasteiger partial charge in [0.2, 0.25) is 11.8 Å². The zero-order valence-electron chi connectivity index (χ0n) is 12.9. The molecule has 1 amide bonds. The SMILES string of the molecule is O=C(NC1(c2nccs2)COC1)Oc1ccc(Br)c(OCC(F)(F)F)n1. The van der Waals surface area contributed by atoms with Crippen molar-refractivity contribution >= 4 is 33.4 Å². The number of halogens is 4. The molecule has 26 heavy (non-hydrogen) atoms. The number of thiazole rings is 1. The molecule has 1 saturated heterocycles. The van der Waals surface area contributed by atoms with E-state index in [1.165, 1.54) is 23.5 Å². The summed E-state index contributed by atoms with van der Waals surface area (Å²) in [4.78, 5) is 20.1. The van der Waals surface area contributed by atoms with E-state index < -0.39 is 24.4 Å². The fourth-order valence-corrected chi connectivity index (χ4v) is 3.15. The molecule has 0 unspecified atom stereocenters. The maximum atomic E-state index is 12.3. The normalized spacial score (nSPS) is 15.8. The van der Waals surface area contributed by atoms with Crippen LogP contribution in [0.15, 0.2) is 28.2 Å². The summed E-state index contributed by atoms with van der Waals surface area (Å²) in [5, 5.41) is 5.09. The molecule has 1 aliphatic heterocycles. The highest BCUT2D eigenvalue weighted by Crippen LogP contribution is 2.31. The van der Waals surface area contributed by atoms with Crippen molar-refractivity contribution in [3.05, 3.63) is 33.2 Å². The Labute approximate surface area is 157 Å². The molecular formula is C14H11BrF3N3O4S. The lowest BCUT2D eigenvalue weighted by Crippen LogP contribution is -2.59. The van der Waals surface area contributed by atoms with E-state index >= 15 is 0 Å². The lowest BCUT2D eigenvalue weighted by atomic mass is 9.99. The summed E-state index contributed by atoms with van der Waals surface area (Å²) in [6.07, 6.45) is -3.74. The van der Waals surface area contributed by atoms with Gasteiger partial charge in [0.1, 0.15) is 10.5 Å². The van der Waals surface area contributed by atoms with Gasteiger partial charge in [0, 0.05) is 17.6 Å². The van der Waals surface area contributed by atoms with Gasteiger partial charge in [-0.25, -0.2) is 9.78 Å². The fourth-order valence-electron chi connectivity index (χ4n) is 2.05. The first-order valence-electron chi connectivity index (χ1n) is 7.11. The summed E-state index contributed by atoms with van der Waals surface area (Å²) >= 11 is 4.38. The molecule has 0 bridgehead atoms. The Bertz CT molecular complexity index is 784. The van der Waals surface area contributed by atoms with Gasteiger partial charge in [0.25, 0.3) is 0 Å². The first kappa shape index (κ1) is 18.9. The Morgan fingerprint density at radius 2 is 2.19 bits per heavy atom. The highest BCUT2D eigenvalue weighted by Gasteiger charge is 2.44. The van der Waals surface area contributed by atoms with Crippen LogP contribution in [0, 0.1) is 0 Å². The maximum Gasteiger partial charge on any atom is 0.422 e. The van der Waals surface area contributed by atoms with E-state index in [0.29, 0.717) is 5.01 Å². The Morgan fingerprint density at radius 1 is 1.42 bits per heavy atom. The maximum absolute atomic E-state index is 12.3. The molecule has 12 heteroatoms. The molecule has 1 aliphatic rings. The Balaban J connectivity index is 1.66. The fraction of sp³-hybridized carbons (Fsp3) is 0.357. The van der Waals surface area contributed by atoms with Gasteiger partial charge in [-0.05, 0) is 22.0 Å². The average molecular weight is 454 g/mol. The van der Waals surface area contributed by atoms with Crippen LogP contribution in [0.5, 0.6) is 11.8 Å². The highest BCUT2D eigenvalue weighted by atomic mass is 79.9. The standard InChI is InChI=1S/C14H11BrF3N3O4S/c15-8-1-2-9(20-10(8)24-7-14(16,17)18)25-12(22)21-13(5-23-6-13)11-19-3-4-26-11/h1-4H,5-7H2,(H,21,22). The third-order valence-corrected chi connectivity index (χ3v) is 4.82. The van der Waals surface area contributed by atoms with Gasteiger partial charge in [-0.3, -0.25) is 0 Å². The van der Waals surface area contributed by atoms with Gasteiger partial charge in [-0.2, -0.15) is 18.2 Å². The molecule has 140 valence electrons. The van der Waals surface area contributed by atoms with Crippen molar-refractivity contribution in [2.75, 3.05) is 19.8 Å². The average Bonchev–Trinajstić information content (AvgIpc) is 3.05. The molecule has 7 nitrogen and oxygen atoms in total. The predicted octanol–water partition coefficient (Wildman–Crippen LogP) is 3.26. The lowest BCUT2D eigenvalue weighted by molar-refractivity contribution is -0.154. The van der Waals surface area contributed by atoms with Crippen LogP contribution in [-0.2, 0) is 10.3 Å². The number of hydrogen-bond donors (Lipinski definition) is 1. The summed E-state index contributed by atoms with van der Waals surface area (Å²) in [7, 11) is 0. The number of carbonyl (C=O) groups excluding carboxylic acids is 1. The van der Waals surface area contributed by atoms with Crippen molar-refractivity contribution in [1.82, 2.24) is 15.3 Å². The number of amides is 1. The van der Waals surface area contributed by atoms with E-state index in [-0.39, 0.29) is 29.4 Å². The minimum absolute atomic E-state index is 0.196. The van der Waals surface area contributed by atoms with Crippen molar-refractivity contribution in [2.24, 2.45) is 0 Å². The van der Waals surface area contributed by atoms with Crippen LogP contribution < -0.4 is 14.8 Å². The number of hydrogen-bond acceptors (Lipinski definition) is 7. The van der Waals surface area contributed by atoms with Crippen molar-refractivity contribution in [1.29, 1.82) is 0 Å². The van der Waals surface area contributed by atoms with E-state index in [1.54, 1.807) is 11.6 Å². The van der Waals surface area contributed by atoms with Crippen LogP contribution >= 0.6 is 27.3 Å². The summed E-state index contributed by atoms with van der Waals surface area (Å²) in [6, 6.07) is 2.68. The molecule has 2 aromatic rings. The Hall–Kier alpha value is -1.92. The summed E-state index contributed by atoms with van der Waals surface area (Å²) in [5.41, 5.74) is -0.782. The van der Waals surface area contributed by atoms with Crippen LogP contribution in [0.2, 0.25) is 0 Å². The van der Waals surface area contributed by atoms with Gasteiger partial charge < -0.3 is 19.5 Å². The molecule has 0 spiro atoms. The summed E-state index contributed by atoms with van der Waals surface area (Å²) < 4.78 is 51.8. The molecule has 3 heterocycles. The number of pyridine rings is 1. The number of carbonyl (C=O) groups is 1. The number of nitrogens with one attached hydrogen (secondary N) is 1. The minimum Gasteiger partial charge on any atom is -0.467 e. The summed E-state index contributed by atoms with van der Waals surface area (Å²) in [6.45, 7) is -1.04. The lowest BCUT2D eigenvalue weighted by Gasteiger charge is -2.39. The zero-order valence-corrected chi connectivity index (χ0v) is 15.3. The van der Waals surface area contributed by atoms with Crippen LogP contribution in [0.25, 0.3) is 0 Å². The topological polar surface area (TPSA) is 82.6 Å². The van der Waals surface area contributed by atoms with E-state index in [1.807, 2.05) is 0 Å². The number of aromatic nitrogens is 2. The highest BCUT2D eigenvalue weighted by molar-refractivity contribution is 9.10. The van der Waals surface area contributed by atoms with E-state index in [0.717, 1.165) is 0 Å². The van der Waals surface area contributed by atoms with Crippen molar-refractivity contribution < 1.29 is 32.2 Å². The van der Waals surface area contributed by atoms with Crippen molar-refractivity contribution in [2.45, 2.75) is 11.7 Å². The van der Waals surface area contributed by atoms with Crippen LogP contribution in [0.3, 0.4) is 0 Å². The molecule has 0 radical (unpaired) electrons. The van der Waals surface area contributed by atoms with E-state index in [9.17, 15) is 18.0 Å². The van der Waals surface area contributed by atoms with Crippen LogP contribution in [-0.4, -0.2) is 42.1 Å². The van der Waals surface area contributed by atoms with Crippen LogP contribution in [0.1, 0.15) is 5.01 Å². The van der Waals surface area contributed by atoms with E-state index in [2.05, 4.69) is 36.0 Å². The molecule has 0 aliphatic carbocycles. The molecule has 0 atom stereocenters. The first-order chi connectivity index (χ1) is 12.3. The molecule has 0 aromatic carbocycles. The minimum atomic E-state index is -4.51. The zero-order chi connectivity index (χ0) is 18.8. The molecule has 2 aromatic heterocycles. The first-order valence-corrected chi connectivity index (χ1v) is 8.78. The van der Waals surface area contributed by atoms with Crippen molar-refractivity contribution in [3.63, 3.8) is 0 Å². The van der Waals surface area contributed by atoms with Gasteiger partial charge in [0.15, 0.2) is 6.61 Å². The molecule has 1 N–H and O–H groups in total. The number of ether oxygens (including phenoxy) is 3. The largest absolute Gasteiger partial charge is 0.467 e. The molecule has 3 rings (SSSR count). The van der Waals surface area contributed by atoms with Gasteiger partial charge in [-0.1, -0.05) is 0 Å². The smallest absolute Gasteiger partial charge is 0.422 e.